The fourth-order valence-electron chi connectivity index (χ4n) is 2.12. The maximum Gasteiger partial charge on any atom is 0.122 e. The van der Waals surface area contributed by atoms with Gasteiger partial charge in [0, 0.05) is 0 Å². The molecule has 0 spiro atoms. The second kappa shape index (κ2) is 6.41. The number of rotatable bonds is 4. The summed E-state index contributed by atoms with van der Waals surface area (Å²) < 4.78 is 5.31. The van der Waals surface area contributed by atoms with Crippen molar-refractivity contribution in [1.29, 1.82) is 10.5 Å². The molecule has 3 heteroatoms. The van der Waals surface area contributed by atoms with Gasteiger partial charge in [0.05, 0.1) is 30.7 Å². The Kier molecular flexibility index (Phi) is 4.37. The lowest BCUT2D eigenvalue weighted by Gasteiger charge is -2.12. The Morgan fingerprint density at radius 2 is 1.75 bits per heavy atom. The standard InChI is InChI=1S/C17H14N2O/c1-20-17-5-3-2-4-15(17)10-16(12-19)14-8-6-13(11-18)7-9-14/h2-9,16H,10H2,1H3. The van der Waals surface area contributed by atoms with E-state index < -0.39 is 0 Å². The summed E-state index contributed by atoms with van der Waals surface area (Å²) in [6.07, 6.45) is 0.590. The Bertz CT molecular complexity index is 663. The van der Waals surface area contributed by atoms with Crippen molar-refractivity contribution in [3.63, 3.8) is 0 Å². The highest BCUT2D eigenvalue weighted by Gasteiger charge is 2.14. The third-order valence-electron chi connectivity index (χ3n) is 3.21. The highest BCUT2D eigenvalue weighted by Crippen LogP contribution is 2.26. The molecule has 98 valence electrons. The molecule has 0 aliphatic carbocycles. The molecule has 0 amide bonds. The average Bonchev–Trinajstić information content (AvgIpc) is 2.53. The third kappa shape index (κ3) is 2.96. The van der Waals surface area contributed by atoms with E-state index in [-0.39, 0.29) is 5.92 Å². The van der Waals surface area contributed by atoms with Crippen LogP contribution < -0.4 is 4.74 Å². The molecule has 3 nitrogen and oxygen atoms in total. The minimum Gasteiger partial charge on any atom is -0.496 e. The molecule has 0 bridgehead atoms. The molecular formula is C17H14N2O. The van der Waals surface area contributed by atoms with Crippen LogP contribution >= 0.6 is 0 Å². The lowest BCUT2D eigenvalue weighted by Crippen LogP contribution is -2.02. The third-order valence-corrected chi connectivity index (χ3v) is 3.21. The Morgan fingerprint density at radius 1 is 1.05 bits per heavy atom. The molecule has 0 heterocycles. The van der Waals surface area contributed by atoms with Crippen molar-refractivity contribution in [2.75, 3.05) is 7.11 Å². The van der Waals surface area contributed by atoms with E-state index in [4.69, 9.17) is 10.00 Å². The molecule has 0 fully saturated rings. The van der Waals surface area contributed by atoms with E-state index in [1.54, 1.807) is 19.2 Å². The van der Waals surface area contributed by atoms with Gasteiger partial charge < -0.3 is 4.74 Å². The van der Waals surface area contributed by atoms with E-state index in [1.807, 2.05) is 36.4 Å². The maximum absolute atomic E-state index is 9.38. The largest absolute Gasteiger partial charge is 0.496 e. The minimum absolute atomic E-state index is 0.251. The SMILES string of the molecule is COc1ccccc1CC(C#N)c1ccc(C#N)cc1. The monoisotopic (exact) mass is 262 g/mol. The minimum atomic E-state index is -0.251. The van der Waals surface area contributed by atoms with Gasteiger partial charge in [-0.3, -0.25) is 0 Å². The zero-order chi connectivity index (χ0) is 14.4. The second-order valence-corrected chi connectivity index (χ2v) is 4.43. The Balaban J connectivity index is 2.25. The van der Waals surface area contributed by atoms with Crippen LogP contribution in [0.2, 0.25) is 0 Å². The van der Waals surface area contributed by atoms with E-state index in [0.29, 0.717) is 12.0 Å². The molecule has 2 aromatic rings. The molecule has 0 saturated carbocycles. The van der Waals surface area contributed by atoms with Crippen molar-refractivity contribution in [3.05, 3.63) is 65.2 Å². The van der Waals surface area contributed by atoms with Crippen LogP contribution in [-0.4, -0.2) is 7.11 Å². The van der Waals surface area contributed by atoms with Crippen molar-refractivity contribution >= 4 is 0 Å². The van der Waals surface area contributed by atoms with Crippen molar-refractivity contribution < 1.29 is 4.74 Å². The number of nitrogens with zero attached hydrogens (tertiary/aromatic N) is 2. The number of ether oxygens (including phenoxy) is 1. The molecule has 0 saturated heterocycles. The molecule has 0 aliphatic rings. The summed E-state index contributed by atoms with van der Waals surface area (Å²) in [5, 5.41) is 18.2. The van der Waals surface area contributed by atoms with Gasteiger partial charge in [-0.15, -0.1) is 0 Å². The smallest absolute Gasteiger partial charge is 0.122 e. The molecule has 0 aromatic heterocycles. The van der Waals surface area contributed by atoms with Crippen molar-refractivity contribution in [2.45, 2.75) is 12.3 Å². The highest BCUT2D eigenvalue weighted by atomic mass is 16.5. The number of hydrogen-bond acceptors (Lipinski definition) is 3. The predicted octanol–water partition coefficient (Wildman–Crippen LogP) is 3.42. The van der Waals surface area contributed by atoms with Gasteiger partial charge in [-0.05, 0) is 35.7 Å². The maximum atomic E-state index is 9.38. The lowest BCUT2D eigenvalue weighted by atomic mass is 9.92. The summed E-state index contributed by atoms with van der Waals surface area (Å²) in [5.74, 6) is 0.542. The number of hydrogen-bond donors (Lipinski definition) is 0. The summed E-state index contributed by atoms with van der Waals surface area (Å²) >= 11 is 0. The van der Waals surface area contributed by atoms with E-state index in [2.05, 4.69) is 12.1 Å². The van der Waals surface area contributed by atoms with E-state index >= 15 is 0 Å². The first-order valence-electron chi connectivity index (χ1n) is 6.30. The van der Waals surface area contributed by atoms with Crippen LogP contribution in [0.4, 0.5) is 0 Å². The molecule has 0 aliphatic heterocycles. The van der Waals surface area contributed by atoms with E-state index in [0.717, 1.165) is 16.9 Å². The topological polar surface area (TPSA) is 56.8 Å². The number of benzene rings is 2. The van der Waals surface area contributed by atoms with Gasteiger partial charge in [0.15, 0.2) is 0 Å². The molecule has 1 unspecified atom stereocenters. The van der Waals surface area contributed by atoms with Gasteiger partial charge in [-0.1, -0.05) is 30.3 Å². The van der Waals surface area contributed by atoms with Crippen LogP contribution in [0.3, 0.4) is 0 Å². The number of methoxy groups -OCH3 is 1. The first kappa shape index (κ1) is 13.6. The zero-order valence-electron chi connectivity index (χ0n) is 11.2. The number of nitriles is 2. The first-order chi connectivity index (χ1) is 9.78. The molecule has 0 N–H and O–H groups in total. The highest BCUT2D eigenvalue weighted by molar-refractivity contribution is 5.39. The second-order valence-electron chi connectivity index (χ2n) is 4.43. The van der Waals surface area contributed by atoms with Crippen LogP contribution in [0, 0.1) is 22.7 Å². The Labute approximate surface area is 118 Å². The van der Waals surface area contributed by atoms with Crippen LogP contribution in [0.1, 0.15) is 22.6 Å². The normalized spacial score (nSPS) is 11.2. The predicted molar refractivity (Wildman–Crippen MR) is 76.2 cm³/mol. The molecule has 2 aromatic carbocycles. The number of para-hydroxylation sites is 1. The first-order valence-corrected chi connectivity index (χ1v) is 6.30. The van der Waals surface area contributed by atoms with Gasteiger partial charge in [0.2, 0.25) is 0 Å². The zero-order valence-corrected chi connectivity index (χ0v) is 11.2. The van der Waals surface area contributed by atoms with Gasteiger partial charge in [-0.2, -0.15) is 10.5 Å². The quantitative estimate of drug-likeness (QED) is 0.848. The van der Waals surface area contributed by atoms with Crippen molar-refractivity contribution in [2.24, 2.45) is 0 Å². The van der Waals surface area contributed by atoms with Crippen LogP contribution in [-0.2, 0) is 6.42 Å². The Morgan fingerprint density at radius 3 is 2.35 bits per heavy atom. The molecule has 20 heavy (non-hydrogen) atoms. The van der Waals surface area contributed by atoms with Crippen molar-refractivity contribution in [3.8, 4) is 17.9 Å². The van der Waals surface area contributed by atoms with Gasteiger partial charge in [0.25, 0.3) is 0 Å². The fraction of sp³-hybridized carbons (Fsp3) is 0.176. The summed E-state index contributed by atoms with van der Waals surface area (Å²) in [6, 6.07) is 19.2. The molecule has 2 rings (SSSR count). The van der Waals surface area contributed by atoms with Crippen LogP contribution in [0.25, 0.3) is 0 Å². The molecule has 0 radical (unpaired) electrons. The summed E-state index contributed by atoms with van der Waals surface area (Å²) in [6.45, 7) is 0. The molecule has 1 atom stereocenters. The summed E-state index contributed by atoms with van der Waals surface area (Å²) in [7, 11) is 1.63. The molecular weight excluding hydrogens is 248 g/mol. The van der Waals surface area contributed by atoms with Gasteiger partial charge in [-0.25, -0.2) is 0 Å². The Hall–Kier alpha value is -2.78. The average molecular weight is 262 g/mol. The fourth-order valence-corrected chi connectivity index (χ4v) is 2.12. The summed E-state index contributed by atoms with van der Waals surface area (Å²) in [4.78, 5) is 0. The van der Waals surface area contributed by atoms with Crippen LogP contribution in [0.5, 0.6) is 5.75 Å². The van der Waals surface area contributed by atoms with Gasteiger partial charge >= 0.3 is 0 Å². The van der Waals surface area contributed by atoms with Gasteiger partial charge in [0.1, 0.15) is 5.75 Å². The van der Waals surface area contributed by atoms with Crippen molar-refractivity contribution in [1.82, 2.24) is 0 Å². The van der Waals surface area contributed by atoms with E-state index in [9.17, 15) is 5.26 Å². The van der Waals surface area contributed by atoms with E-state index in [1.165, 1.54) is 0 Å². The summed E-state index contributed by atoms with van der Waals surface area (Å²) in [5.41, 5.74) is 2.52. The lowest BCUT2D eigenvalue weighted by molar-refractivity contribution is 0.409. The van der Waals surface area contributed by atoms with Crippen LogP contribution in [0.15, 0.2) is 48.5 Å².